The van der Waals surface area contributed by atoms with Gasteiger partial charge in [-0.3, -0.25) is 77.3 Å². The standard InChI is InChI=1S/C40H68N8O27/c49-19-22(41-25(52)9-45(13-29(58)59)5-1-43(11-27(54)55)3-7-47(15-31(62)63)16-32(64)65)36(70)37(71)23(20-50)74-40-35(39(73)38(72)24(21-51)75-40)42-26(53)10-46(14-30(60)61)6-2-44(12-28(56)57)4-8-48(17-33(66)67)18-34(68)69/h22-24,35-40,49-51,70-73H,1-21H2,(H,41,52)(H,42,53)(H,54,55)(H,56,57)(H,58,59)(H,60,61)(H,62,63)(H,64,65)(H,66,67)(H,68,69)/t22-,23+,24-,35-,36-,37-,38-,39-,40+/m1/s1. The third-order valence-corrected chi connectivity index (χ3v) is 10.9. The van der Waals surface area contributed by atoms with Crippen LogP contribution in [0.15, 0.2) is 0 Å². The molecule has 35 nitrogen and oxygen atoms in total. The summed E-state index contributed by atoms with van der Waals surface area (Å²) in [5.74, 6) is -13.4. The quantitative estimate of drug-likeness (QED) is 0.0270. The van der Waals surface area contributed by atoms with Gasteiger partial charge >= 0.3 is 47.8 Å². The number of carbonyl (C=O) groups excluding carboxylic acids is 2. The number of hydrogen-bond donors (Lipinski definition) is 17. The third-order valence-electron chi connectivity index (χ3n) is 10.9. The van der Waals surface area contributed by atoms with E-state index in [4.69, 9.17) is 29.9 Å². The summed E-state index contributed by atoms with van der Waals surface area (Å²) in [5, 5.41) is 153. The molecule has 35 heteroatoms. The molecule has 0 saturated carbocycles. The van der Waals surface area contributed by atoms with E-state index < -0.39 is 200 Å². The van der Waals surface area contributed by atoms with E-state index in [1.807, 2.05) is 0 Å². The topological polar surface area (TPSA) is 536 Å². The molecule has 1 aliphatic heterocycles. The lowest BCUT2D eigenvalue weighted by Gasteiger charge is -2.44. The number of rotatable bonds is 42. The van der Waals surface area contributed by atoms with Crippen LogP contribution >= 0.6 is 0 Å². The fourth-order valence-electron chi connectivity index (χ4n) is 7.40. The molecule has 0 radical (unpaired) electrons. The minimum absolute atomic E-state index is 0.215. The van der Waals surface area contributed by atoms with Crippen LogP contribution in [0.25, 0.3) is 0 Å². The van der Waals surface area contributed by atoms with Crippen molar-refractivity contribution in [3.05, 3.63) is 0 Å². The number of aliphatic hydroxyl groups excluding tert-OH is 7. The van der Waals surface area contributed by atoms with Crippen molar-refractivity contribution in [2.75, 3.05) is 138 Å². The minimum Gasteiger partial charge on any atom is -0.480 e. The first-order valence-corrected chi connectivity index (χ1v) is 22.6. The molecule has 1 aliphatic rings. The van der Waals surface area contributed by atoms with Gasteiger partial charge < -0.3 is 96.7 Å². The smallest absolute Gasteiger partial charge is 0.317 e. The molecular formula is C40H68N8O27. The average Bonchev–Trinajstić information content (AvgIpc) is 3.28. The van der Waals surface area contributed by atoms with Gasteiger partial charge in [0.2, 0.25) is 11.8 Å². The first kappa shape index (κ1) is 67.1. The molecule has 17 N–H and O–H groups in total. The number of carboxylic acid groups (broad SMARTS) is 8. The second-order valence-electron chi connectivity index (χ2n) is 17.0. The Morgan fingerprint density at radius 1 is 0.440 bits per heavy atom. The Bertz CT molecular complexity index is 1860. The summed E-state index contributed by atoms with van der Waals surface area (Å²) >= 11 is 0. The molecule has 0 aromatic rings. The molecule has 0 spiro atoms. The van der Waals surface area contributed by atoms with Crippen LogP contribution in [0, 0.1) is 0 Å². The normalized spacial score (nSPS) is 19.5. The summed E-state index contributed by atoms with van der Waals surface area (Å²) in [6.45, 7) is -13.1. The highest BCUT2D eigenvalue weighted by atomic mass is 16.7. The monoisotopic (exact) mass is 1090 g/mol. The van der Waals surface area contributed by atoms with Gasteiger partial charge in [0.1, 0.15) is 42.7 Å². The highest BCUT2D eigenvalue weighted by Crippen LogP contribution is 2.25. The largest absolute Gasteiger partial charge is 0.480 e. The number of amides is 2. The van der Waals surface area contributed by atoms with Crippen LogP contribution in [-0.2, 0) is 57.4 Å². The van der Waals surface area contributed by atoms with E-state index in [2.05, 4.69) is 10.6 Å². The second-order valence-corrected chi connectivity index (χ2v) is 17.0. The molecule has 430 valence electrons. The van der Waals surface area contributed by atoms with Crippen LogP contribution in [-0.4, -0.2) is 358 Å². The van der Waals surface area contributed by atoms with Gasteiger partial charge in [-0.05, 0) is 0 Å². The summed E-state index contributed by atoms with van der Waals surface area (Å²) in [6, 6.07) is -3.71. The molecule has 2 amide bonds. The van der Waals surface area contributed by atoms with E-state index >= 15 is 0 Å². The van der Waals surface area contributed by atoms with Crippen LogP contribution in [0.5, 0.6) is 0 Å². The van der Waals surface area contributed by atoms with Crippen molar-refractivity contribution in [3.8, 4) is 0 Å². The Labute approximate surface area is 425 Å². The first-order chi connectivity index (χ1) is 35.1. The Balaban J connectivity index is 3.23. The van der Waals surface area contributed by atoms with Crippen LogP contribution in [0.3, 0.4) is 0 Å². The zero-order valence-corrected chi connectivity index (χ0v) is 40.3. The molecule has 1 fully saturated rings. The lowest BCUT2D eigenvalue weighted by molar-refractivity contribution is -0.295. The molecule has 1 rings (SSSR count). The van der Waals surface area contributed by atoms with Crippen molar-refractivity contribution in [3.63, 3.8) is 0 Å². The van der Waals surface area contributed by atoms with E-state index in [9.17, 15) is 104 Å². The predicted octanol–water partition coefficient (Wildman–Crippen LogP) is -11.0. The lowest BCUT2D eigenvalue weighted by atomic mass is 9.96. The molecule has 1 saturated heterocycles. The maximum Gasteiger partial charge on any atom is 0.317 e. The van der Waals surface area contributed by atoms with Gasteiger partial charge in [-0.1, -0.05) is 0 Å². The van der Waals surface area contributed by atoms with Crippen molar-refractivity contribution in [1.29, 1.82) is 0 Å². The maximum atomic E-state index is 13.5. The number of carbonyl (C=O) groups is 10. The zero-order valence-electron chi connectivity index (χ0n) is 40.3. The summed E-state index contributed by atoms with van der Waals surface area (Å²) in [4.78, 5) is 124. The summed E-state index contributed by atoms with van der Waals surface area (Å²) in [6.07, 6.45) is -14.3. The zero-order chi connectivity index (χ0) is 57.1. The fourth-order valence-corrected chi connectivity index (χ4v) is 7.40. The van der Waals surface area contributed by atoms with Gasteiger partial charge in [0, 0.05) is 52.4 Å². The molecule has 0 aliphatic carbocycles. The Kier molecular flexibility index (Phi) is 31.0. The number of aliphatic carboxylic acids is 8. The summed E-state index contributed by atoms with van der Waals surface area (Å²) in [5.41, 5.74) is 0. The number of aliphatic hydroxyl groups is 7. The minimum atomic E-state index is -2.31. The number of nitrogens with one attached hydrogen (secondary N) is 2. The van der Waals surface area contributed by atoms with Gasteiger partial charge in [0.15, 0.2) is 6.29 Å². The summed E-state index contributed by atoms with van der Waals surface area (Å²) < 4.78 is 11.1. The molecule has 0 aromatic heterocycles. The van der Waals surface area contributed by atoms with Crippen LogP contribution in [0.4, 0.5) is 0 Å². The van der Waals surface area contributed by atoms with Crippen molar-refractivity contribution in [2.45, 2.75) is 55.0 Å². The third kappa shape index (κ3) is 27.5. The van der Waals surface area contributed by atoms with E-state index in [0.29, 0.717) is 0 Å². The van der Waals surface area contributed by atoms with Crippen LogP contribution in [0.2, 0.25) is 0 Å². The molecule has 9 atom stereocenters. The van der Waals surface area contributed by atoms with Gasteiger partial charge in [-0.15, -0.1) is 0 Å². The number of hydrogen-bond acceptors (Lipinski definition) is 25. The lowest BCUT2D eigenvalue weighted by Crippen LogP contribution is -2.66. The van der Waals surface area contributed by atoms with Crippen LogP contribution < -0.4 is 10.6 Å². The predicted molar refractivity (Wildman–Crippen MR) is 242 cm³/mol. The molecular weight excluding hydrogens is 1020 g/mol. The van der Waals surface area contributed by atoms with Gasteiger partial charge in [-0.2, -0.15) is 0 Å². The fraction of sp³-hybridized carbons (Fsp3) is 0.750. The number of carboxylic acids is 8. The second kappa shape index (κ2) is 34.6. The van der Waals surface area contributed by atoms with E-state index in [1.165, 1.54) is 9.80 Å². The van der Waals surface area contributed by atoms with E-state index in [0.717, 1.165) is 19.6 Å². The number of ether oxygens (including phenoxy) is 2. The molecule has 0 aromatic carbocycles. The van der Waals surface area contributed by atoms with Crippen molar-refractivity contribution in [1.82, 2.24) is 40.0 Å². The average molecular weight is 1090 g/mol. The molecule has 0 bridgehead atoms. The molecule has 75 heavy (non-hydrogen) atoms. The highest BCUT2D eigenvalue weighted by molar-refractivity contribution is 5.80. The van der Waals surface area contributed by atoms with Gasteiger partial charge in [0.25, 0.3) is 0 Å². The van der Waals surface area contributed by atoms with Crippen molar-refractivity contribution in [2.24, 2.45) is 0 Å². The van der Waals surface area contributed by atoms with E-state index in [1.54, 1.807) is 0 Å². The summed E-state index contributed by atoms with van der Waals surface area (Å²) in [7, 11) is 0. The van der Waals surface area contributed by atoms with Crippen LogP contribution in [0.1, 0.15) is 0 Å². The Morgan fingerprint density at radius 3 is 1.08 bits per heavy atom. The van der Waals surface area contributed by atoms with Gasteiger partial charge in [0.05, 0.1) is 91.3 Å². The molecule has 0 unspecified atom stereocenters. The molecule has 1 heterocycles. The number of nitrogens with zero attached hydrogens (tertiary/aromatic N) is 6. The first-order valence-electron chi connectivity index (χ1n) is 22.6. The highest BCUT2D eigenvalue weighted by Gasteiger charge is 2.48. The van der Waals surface area contributed by atoms with Crippen molar-refractivity contribution >= 4 is 59.6 Å². The Morgan fingerprint density at radius 2 is 0.760 bits per heavy atom. The van der Waals surface area contributed by atoms with Gasteiger partial charge in [-0.25, -0.2) is 0 Å². The van der Waals surface area contributed by atoms with Crippen molar-refractivity contribution < 1.29 is 134 Å². The SMILES string of the molecule is O=C(O)CN(CCN(CC(=O)O)CC(=O)O)CCN(CC(=O)O)CC(=O)N[C@H]1[C@@H](O[C@@H](CO)[C@@H](O)[C@H](O)[C@@H](CO)NC(=O)CN(CCN(CCN(CC(=O)O)CC(=O)O)CC(=O)O)CC(=O)O)O[C@H](CO)[C@@H](O)[C@@H]1O. The Hall–Kier alpha value is -5.90. The maximum absolute atomic E-state index is 13.5. The van der Waals surface area contributed by atoms with E-state index in [-0.39, 0.29) is 52.4 Å².